The Labute approximate surface area is 101 Å². The Hall–Kier alpha value is -1.01. The third-order valence-corrected chi connectivity index (χ3v) is 4.84. The number of aromatic nitrogens is 2. The van der Waals surface area contributed by atoms with Crippen molar-refractivity contribution in [3.05, 3.63) is 17.3 Å². The summed E-state index contributed by atoms with van der Waals surface area (Å²) >= 11 is 3.43. The lowest BCUT2D eigenvalue weighted by molar-refractivity contribution is 0.422. The van der Waals surface area contributed by atoms with Gasteiger partial charge in [-0.1, -0.05) is 5.16 Å². The third kappa shape index (κ3) is 1.72. The predicted octanol–water partition coefficient (Wildman–Crippen LogP) is 2.95. The Balaban J connectivity index is 1.90. The van der Waals surface area contributed by atoms with Crippen LogP contribution in [0.2, 0.25) is 0 Å². The summed E-state index contributed by atoms with van der Waals surface area (Å²) in [5.74, 6) is 2.55. The molecule has 3 heterocycles. The van der Waals surface area contributed by atoms with Gasteiger partial charge in [0.2, 0.25) is 0 Å². The molecule has 2 N–H and O–H groups in total. The van der Waals surface area contributed by atoms with E-state index in [1.807, 2.05) is 23.2 Å². The molecule has 2 aromatic rings. The molecule has 84 valence electrons. The summed E-state index contributed by atoms with van der Waals surface area (Å²) in [6, 6.07) is 1.86. The van der Waals surface area contributed by atoms with Crippen LogP contribution in [0.15, 0.2) is 16.0 Å². The highest BCUT2D eigenvalue weighted by atomic mass is 32.2. The molecule has 0 saturated carbocycles. The topological polar surface area (TPSA) is 64.9 Å². The summed E-state index contributed by atoms with van der Waals surface area (Å²) < 4.78 is 5.26. The van der Waals surface area contributed by atoms with Crippen molar-refractivity contribution in [2.45, 2.75) is 18.1 Å². The van der Waals surface area contributed by atoms with E-state index in [1.165, 1.54) is 23.5 Å². The molecule has 0 bridgehead atoms. The van der Waals surface area contributed by atoms with Gasteiger partial charge in [-0.05, 0) is 30.0 Å². The van der Waals surface area contributed by atoms with Gasteiger partial charge in [0, 0.05) is 0 Å². The average molecular weight is 253 g/mol. The van der Waals surface area contributed by atoms with Crippen LogP contribution >= 0.6 is 23.1 Å². The zero-order valence-corrected chi connectivity index (χ0v) is 10.2. The van der Waals surface area contributed by atoms with Gasteiger partial charge in [0.05, 0.1) is 10.9 Å². The van der Waals surface area contributed by atoms with Crippen molar-refractivity contribution >= 4 is 28.8 Å². The van der Waals surface area contributed by atoms with Crippen LogP contribution in [0, 0.1) is 0 Å². The van der Waals surface area contributed by atoms with Crippen LogP contribution < -0.4 is 5.73 Å². The van der Waals surface area contributed by atoms with Crippen LogP contribution in [-0.2, 0) is 0 Å². The highest BCUT2D eigenvalue weighted by Gasteiger charge is 2.24. The van der Waals surface area contributed by atoms with Gasteiger partial charge in [0.25, 0.3) is 5.89 Å². The molecule has 2 aromatic heterocycles. The Bertz CT molecular complexity index is 488. The number of nitrogens with zero attached hydrogens (tertiary/aromatic N) is 2. The molecule has 0 spiro atoms. The van der Waals surface area contributed by atoms with Crippen molar-refractivity contribution in [1.82, 2.24) is 10.1 Å². The second kappa shape index (κ2) is 4.10. The zero-order valence-electron chi connectivity index (χ0n) is 8.55. The van der Waals surface area contributed by atoms with Crippen molar-refractivity contribution in [3.8, 4) is 10.8 Å². The molecule has 4 nitrogen and oxygen atoms in total. The summed E-state index contributed by atoms with van der Waals surface area (Å²) in [4.78, 5) is 5.30. The molecule has 1 atom stereocenters. The first-order valence-electron chi connectivity index (χ1n) is 5.13. The Morgan fingerprint density at radius 3 is 3.12 bits per heavy atom. The molecule has 0 aromatic carbocycles. The maximum Gasteiger partial charge on any atom is 0.270 e. The third-order valence-electron chi connectivity index (χ3n) is 2.55. The van der Waals surface area contributed by atoms with Gasteiger partial charge < -0.3 is 10.3 Å². The number of nitrogens with two attached hydrogens (primary N) is 1. The molecule has 1 aliphatic heterocycles. The number of anilines is 1. The molecule has 0 amide bonds. The SMILES string of the molecule is Nc1ccsc1-c1nc(C2CCCS2)no1. The fraction of sp³-hybridized carbons (Fsp3) is 0.400. The maximum absolute atomic E-state index is 5.81. The van der Waals surface area contributed by atoms with E-state index in [1.54, 1.807) is 0 Å². The smallest absolute Gasteiger partial charge is 0.270 e. The van der Waals surface area contributed by atoms with Crippen molar-refractivity contribution in [2.24, 2.45) is 0 Å². The lowest BCUT2D eigenvalue weighted by Gasteiger charge is -1.98. The molecule has 3 rings (SSSR count). The molecule has 0 radical (unpaired) electrons. The van der Waals surface area contributed by atoms with Gasteiger partial charge in [0.15, 0.2) is 5.82 Å². The van der Waals surface area contributed by atoms with Gasteiger partial charge in [-0.15, -0.1) is 11.3 Å². The number of thioether (sulfide) groups is 1. The van der Waals surface area contributed by atoms with E-state index >= 15 is 0 Å². The fourth-order valence-electron chi connectivity index (χ4n) is 1.73. The first-order chi connectivity index (χ1) is 7.84. The average Bonchev–Trinajstić information content (AvgIpc) is 2.96. The summed E-state index contributed by atoms with van der Waals surface area (Å²) in [5.41, 5.74) is 6.52. The molecular weight excluding hydrogens is 242 g/mol. The van der Waals surface area contributed by atoms with E-state index in [4.69, 9.17) is 10.3 Å². The second-order valence-corrected chi connectivity index (χ2v) is 5.89. The lowest BCUT2D eigenvalue weighted by atomic mass is 10.2. The van der Waals surface area contributed by atoms with Gasteiger partial charge in [-0.3, -0.25) is 0 Å². The van der Waals surface area contributed by atoms with Gasteiger partial charge in [0.1, 0.15) is 4.88 Å². The van der Waals surface area contributed by atoms with Crippen molar-refractivity contribution in [3.63, 3.8) is 0 Å². The number of thiophene rings is 1. The Morgan fingerprint density at radius 1 is 1.50 bits per heavy atom. The fourth-order valence-corrected chi connectivity index (χ4v) is 3.67. The van der Waals surface area contributed by atoms with Crippen molar-refractivity contribution in [1.29, 1.82) is 0 Å². The van der Waals surface area contributed by atoms with E-state index in [2.05, 4.69) is 10.1 Å². The highest BCUT2D eigenvalue weighted by Crippen LogP contribution is 2.39. The molecule has 0 aliphatic carbocycles. The second-order valence-electron chi connectivity index (χ2n) is 3.66. The Morgan fingerprint density at radius 2 is 2.44 bits per heavy atom. The maximum atomic E-state index is 5.81. The minimum atomic E-state index is 0.402. The van der Waals surface area contributed by atoms with E-state index in [-0.39, 0.29) is 0 Å². The van der Waals surface area contributed by atoms with Crippen LogP contribution in [0.25, 0.3) is 10.8 Å². The summed E-state index contributed by atoms with van der Waals surface area (Å²) in [7, 11) is 0. The first kappa shape index (κ1) is 10.2. The van der Waals surface area contributed by atoms with Gasteiger partial charge >= 0.3 is 0 Å². The quantitative estimate of drug-likeness (QED) is 0.891. The van der Waals surface area contributed by atoms with Crippen LogP contribution in [0.5, 0.6) is 0 Å². The molecule has 1 fully saturated rings. The van der Waals surface area contributed by atoms with Crippen molar-refractivity contribution < 1.29 is 4.52 Å². The monoisotopic (exact) mass is 253 g/mol. The standard InChI is InChI=1S/C10H11N3OS2/c11-6-3-5-16-8(6)10-12-9(13-14-10)7-2-1-4-15-7/h3,5,7H,1-2,4,11H2. The molecular formula is C10H11N3OS2. The molecule has 6 heteroatoms. The zero-order chi connectivity index (χ0) is 11.0. The molecule has 1 unspecified atom stereocenters. The van der Waals surface area contributed by atoms with Crippen LogP contribution in [-0.4, -0.2) is 15.9 Å². The van der Waals surface area contributed by atoms with Gasteiger partial charge in [-0.25, -0.2) is 0 Å². The first-order valence-corrected chi connectivity index (χ1v) is 7.06. The van der Waals surface area contributed by atoms with Crippen LogP contribution in [0.3, 0.4) is 0 Å². The number of nitrogen functional groups attached to an aromatic ring is 1. The molecule has 1 aliphatic rings. The minimum absolute atomic E-state index is 0.402. The summed E-state index contributed by atoms with van der Waals surface area (Å²) in [5, 5.41) is 6.37. The summed E-state index contributed by atoms with van der Waals surface area (Å²) in [6.07, 6.45) is 2.38. The largest absolute Gasteiger partial charge is 0.397 e. The van der Waals surface area contributed by atoms with E-state index in [0.29, 0.717) is 16.8 Å². The van der Waals surface area contributed by atoms with E-state index in [9.17, 15) is 0 Å². The Kier molecular flexibility index (Phi) is 2.61. The van der Waals surface area contributed by atoms with E-state index < -0.39 is 0 Å². The predicted molar refractivity (Wildman–Crippen MR) is 66.5 cm³/mol. The number of hydrogen-bond donors (Lipinski definition) is 1. The number of hydrogen-bond acceptors (Lipinski definition) is 6. The van der Waals surface area contributed by atoms with E-state index in [0.717, 1.165) is 17.1 Å². The van der Waals surface area contributed by atoms with Crippen molar-refractivity contribution in [2.75, 3.05) is 11.5 Å². The highest BCUT2D eigenvalue weighted by molar-refractivity contribution is 7.99. The van der Waals surface area contributed by atoms with Gasteiger partial charge in [-0.2, -0.15) is 16.7 Å². The van der Waals surface area contributed by atoms with Crippen LogP contribution in [0.4, 0.5) is 5.69 Å². The van der Waals surface area contributed by atoms with Crippen LogP contribution in [0.1, 0.15) is 23.9 Å². The lowest BCUT2D eigenvalue weighted by Crippen LogP contribution is -1.91. The molecule has 1 saturated heterocycles. The summed E-state index contributed by atoms with van der Waals surface area (Å²) in [6.45, 7) is 0. The molecule has 16 heavy (non-hydrogen) atoms. The minimum Gasteiger partial charge on any atom is -0.397 e. The normalized spacial score (nSPS) is 20.4. The number of rotatable bonds is 2.